The maximum Gasteiger partial charge on any atom is 0.0544 e. The molecule has 0 bridgehead atoms. The van der Waals surface area contributed by atoms with Crippen molar-refractivity contribution in [1.29, 1.82) is 0 Å². The lowest BCUT2D eigenvalue weighted by molar-refractivity contribution is 0.143. The van der Waals surface area contributed by atoms with Crippen LogP contribution in [-0.2, 0) is 13.1 Å². The Balaban J connectivity index is 2.72. The van der Waals surface area contributed by atoms with Crippen LogP contribution in [-0.4, -0.2) is 29.0 Å². The fraction of sp³-hybridized carbons (Fsp3) is 0.533. The number of nitrogens with one attached hydrogen (secondary N) is 1. The summed E-state index contributed by atoms with van der Waals surface area (Å²) in [5.74, 6) is 0. The van der Waals surface area contributed by atoms with Crippen LogP contribution in [0.25, 0.3) is 0 Å². The molecular formula is C15H25N3. The first-order chi connectivity index (χ1) is 8.47. The number of hydrogen-bond donors (Lipinski definition) is 1. The highest BCUT2D eigenvalue weighted by Crippen LogP contribution is 2.16. The van der Waals surface area contributed by atoms with Crippen LogP contribution in [0, 0.1) is 0 Å². The average Bonchev–Trinajstić information content (AvgIpc) is 2.30. The van der Waals surface area contributed by atoms with E-state index in [-0.39, 0.29) is 5.54 Å². The molecule has 0 unspecified atom stereocenters. The van der Waals surface area contributed by atoms with E-state index in [2.05, 4.69) is 54.7 Å². The van der Waals surface area contributed by atoms with E-state index in [4.69, 9.17) is 0 Å². The number of pyridine rings is 1. The molecule has 0 atom stereocenters. The van der Waals surface area contributed by atoms with Gasteiger partial charge in [-0.25, -0.2) is 0 Å². The molecule has 0 radical (unpaired) electrons. The van der Waals surface area contributed by atoms with Crippen molar-refractivity contribution in [3.05, 3.63) is 42.2 Å². The van der Waals surface area contributed by atoms with Crippen molar-refractivity contribution < 1.29 is 0 Å². The molecule has 0 aromatic carbocycles. The number of hydrogen-bond acceptors (Lipinski definition) is 3. The van der Waals surface area contributed by atoms with Crippen molar-refractivity contribution in [3.8, 4) is 0 Å². The number of rotatable bonds is 6. The van der Waals surface area contributed by atoms with Crippen LogP contribution in [0.1, 0.15) is 32.0 Å². The van der Waals surface area contributed by atoms with Crippen LogP contribution in [0.15, 0.2) is 31.0 Å². The van der Waals surface area contributed by atoms with Gasteiger partial charge in [-0.2, -0.15) is 0 Å². The third kappa shape index (κ3) is 4.59. The van der Waals surface area contributed by atoms with Crippen molar-refractivity contribution in [1.82, 2.24) is 15.2 Å². The van der Waals surface area contributed by atoms with E-state index >= 15 is 0 Å². The Bertz CT molecular complexity index is 362. The minimum absolute atomic E-state index is 0.125. The Labute approximate surface area is 111 Å². The highest BCUT2D eigenvalue weighted by atomic mass is 15.2. The quantitative estimate of drug-likeness (QED) is 0.783. The maximum absolute atomic E-state index is 4.52. The van der Waals surface area contributed by atoms with E-state index in [0.717, 1.165) is 25.3 Å². The highest BCUT2D eigenvalue weighted by molar-refractivity contribution is 5.14. The molecule has 0 spiro atoms. The first-order valence-electron chi connectivity index (χ1n) is 6.41. The topological polar surface area (TPSA) is 28.2 Å². The molecule has 0 aliphatic rings. The normalized spacial score (nSPS) is 11.8. The molecule has 0 saturated carbocycles. The molecule has 3 heteroatoms. The van der Waals surface area contributed by atoms with Gasteiger partial charge in [0.05, 0.1) is 5.69 Å². The lowest BCUT2D eigenvalue weighted by Crippen LogP contribution is -2.41. The number of nitrogens with zero attached hydrogens (tertiary/aromatic N) is 2. The Morgan fingerprint density at radius 1 is 1.39 bits per heavy atom. The largest absolute Gasteiger partial charge is 0.316 e. The van der Waals surface area contributed by atoms with Crippen LogP contribution in [0.4, 0.5) is 0 Å². The third-order valence-corrected chi connectivity index (χ3v) is 2.92. The summed E-state index contributed by atoms with van der Waals surface area (Å²) in [6, 6.07) is 4.24. The lowest BCUT2D eigenvalue weighted by atomic mass is 10.1. The van der Waals surface area contributed by atoms with Gasteiger partial charge in [0.2, 0.25) is 0 Å². The van der Waals surface area contributed by atoms with Gasteiger partial charge in [-0.15, -0.1) is 6.58 Å². The second kappa shape index (κ2) is 6.66. The minimum atomic E-state index is 0.125. The number of aromatic nitrogens is 1. The lowest BCUT2D eigenvalue weighted by Gasteiger charge is -2.34. The van der Waals surface area contributed by atoms with Crippen molar-refractivity contribution in [2.45, 2.75) is 39.4 Å². The molecule has 3 nitrogen and oxygen atoms in total. The van der Waals surface area contributed by atoms with Gasteiger partial charge in [-0.1, -0.05) is 12.1 Å². The van der Waals surface area contributed by atoms with Gasteiger partial charge in [0.25, 0.3) is 0 Å². The molecule has 0 aliphatic heterocycles. The van der Waals surface area contributed by atoms with E-state index in [1.165, 1.54) is 5.56 Å². The van der Waals surface area contributed by atoms with Crippen LogP contribution in [0.2, 0.25) is 0 Å². The first kappa shape index (κ1) is 14.9. The molecule has 1 heterocycles. The summed E-state index contributed by atoms with van der Waals surface area (Å²) in [6.07, 6.45) is 3.89. The first-order valence-corrected chi connectivity index (χ1v) is 6.41. The van der Waals surface area contributed by atoms with E-state index in [9.17, 15) is 0 Å². The molecule has 1 N–H and O–H groups in total. The second-order valence-electron chi connectivity index (χ2n) is 5.53. The van der Waals surface area contributed by atoms with Crippen LogP contribution >= 0.6 is 0 Å². The van der Waals surface area contributed by atoms with Gasteiger partial charge >= 0.3 is 0 Å². The van der Waals surface area contributed by atoms with Crippen molar-refractivity contribution >= 4 is 0 Å². The molecule has 0 fully saturated rings. The average molecular weight is 247 g/mol. The third-order valence-electron chi connectivity index (χ3n) is 2.92. The predicted octanol–water partition coefficient (Wildman–Crippen LogP) is 2.59. The minimum Gasteiger partial charge on any atom is -0.316 e. The summed E-state index contributed by atoms with van der Waals surface area (Å²) in [6.45, 7) is 13.1. The molecule has 100 valence electrons. The zero-order valence-corrected chi connectivity index (χ0v) is 12.0. The predicted molar refractivity (Wildman–Crippen MR) is 77.4 cm³/mol. The molecule has 18 heavy (non-hydrogen) atoms. The molecule has 1 aromatic rings. The Morgan fingerprint density at radius 3 is 2.56 bits per heavy atom. The molecule has 1 rings (SSSR count). The zero-order valence-electron chi connectivity index (χ0n) is 12.0. The van der Waals surface area contributed by atoms with Gasteiger partial charge in [-0.05, 0) is 39.4 Å². The summed E-state index contributed by atoms with van der Waals surface area (Å²) >= 11 is 0. The highest BCUT2D eigenvalue weighted by Gasteiger charge is 2.20. The van der Waals surface area contributed by atoms with Crippen molar-refractivity contribution in [3.63, 3.8) is 0 Å². The van der Waals surface area contributed by atoms with Crippen LogP contribution in [0.3, 0.4) is 0 Å². The Hall–Kier alpha value is -1.19. The van der Waals surface area contributed by atoms with Gasteiger partial charge < -0.3 is 5.32 Å². The molecule has 0 aliphatic carbocycles. The zero-order chi connectivity index (χ0) is 13.6. The fourth-order valence-electron chi connectivity index (χ4n) is 1.78. The SMILES string of the molecule is C=CCN(Cc1ccc(CNC)cn1)C(C)(C)C. The van der Waals surface area contributed by atoms with Gasteiger partial charge in [0.15, 0.2) is 0 Å². The van der Waals surface area contributed by atoms with Gasteiger partial charge in [0.1, 0.15) is 0 Å². The second-order valence-corrected chi connectivity index (χ2v) is 5.53. The van der Waals surface area contributed by atoms with Gasteiger partial charge in [0, 0.05) is 31.4 Å². The molecule has 1 aromatic heterocycles. The van der Waals surface area contributed by atoms with E-state index in [1.54, 1.807) is 0 Å². The standard InChI is InChI=1S/C15H25N3/c1-6-9-18(15(2,3)4)12-14-8-7-13(10-16-5)11-17-14/h6-8,11,16H,1,9-10,12H2,2-5H3. The fourth-order valence-corrected chi connectivity index (χ4v) is 1.78. The molecule has 0 saturated heterocycles. The molecular weight excluding hydrogens is 222 g/mol. The summed E-state index contributed by atoms with van der Waals surface area (Å²) in [7, 11) is 1.94. The summed E-state index contributed by atoms with van der Waals surface area (Å²) in [4.78, 5) is 6.88. The Morgan fingerprint density at radius 2 is 2.11 bits per heavy atom. The van der Waals surface area contributed by atoms with Gasteiger partial charge in [-0.3, -0.25) is 9.88 Å². The van der Waals surface area contributed by atoms with Crippen molar-refractivity contribution in [2.75, 3.05) is 13.6 Å². The van der Waals surface area contributed by atoms with E-state index in [1.807, 2.05) is 19.3 Å². The Kier molecular flexibility index (Phi) is 5.51. The van der Waals surface area contributed by atoms with E-state index < -0.39 is 0 Å². The van der Waals surface area contributed by atoms with E-state index in [0.29, 0.717) is 0 Å². The smallest absolute Gasteiger partial charge is 0.0544 e. The summed E-state index contributed by atoms with van der Waals surface area (Å²) < 4.78 is 0. The summed E-state index contributed by atoms with van der Waals surface area (Å²) in [5.41, 5.74) is 2.44. The van der Waals surface area contributed by atoms with Crippen LogP contribution < -0.4 is 5.32 Å². The van der Waals surface area contributed by atoms with Crippen LogP contribution in [0.5, 0.6) is 0 Å². The molecule has 0 amide bonds. The summed E-state index contributed by atoms with van der Waals surface area (Å²) in [5, 5.41) is 3.13. The maximum atomic E-state index is 4.52. The van der Waals surface area contributed by atoms with Crippen molar-refractivity contribution in [2.24, 2.45) is 0 Å². The monoisotopic (exact) mass is 247 g/mol.